The molecular formula is C17H26N3S+. The number of thiocarbonyl (C=S) groups is 1. The number of hydrogen-bond acceptors (Lipinski definition) is 1. The molecule has 2 N–H and O–H groups in total. The maximum atomic E-state index is 5.44. The van der Waals surface area contributed by atoms with Gasteiger partial charge in [0.05, 0.1) is 26.2 Å². The van der Waals surface area contributed by atoms with Gasteiger partial charge in [0, 0.05) is 12.1 Å². The molecule has 4 heteroatoms. The lowest BCUT2D eigenvalue weighted by Gasteiger charge is -2.34. The number of nitrogens with zero attached hydrogens (tertiary/aromatic N) is 1. The largest absolute Gasteiger partial charge is 0.359 e. The normalized spacial score (nSPS) is 15.8. The molecule has 0 unspecified atom stereocenters. The predicted molar refractivity (Wildman–Crippen MR) is 92.6 cm³/mol. The molecule has 0 bridgehead atoms. The first-order chi connectivity index (χ1) is 10.0. The van der Waals surface area contributed by atoms with E-state index in [2.05, 4.69) is 48.0 Å². The van der Waals surface area contributed by atoms with E-state index in [1.807, 2.05) is 6.92 Å². The molecule has 1 aliphatic rings. The third kappa shape index (κ3) is 5.14. The van der Waals surface area contributed by atoms with Crippen LogP contribution in [0, 0.1) is 6.92 Å². The summed E-state index contributed by atoms with van der Waals surface area (Å²) in [5.41, 5.74) is 3.89. The number of benzene rings is 1. The molecule has 1 heterocycles. The highest BCUT2D eigenvalue weighted by Crippen LogP contribution is 2.02. The maximum absolute atomic E-state index is 5.44. The van der Waals surface area contributed by atoms with Crippen LogP contribution in [0.3, 0.4) is 0 Å². The van der Waals surface area contributed by atoms with Crippen LogP contribution in [0.15, 0.2) is 36.4 Å². The average Bonchev–Trinajstić information content (AvgIpc) is 2.45. The van der Waals surface area contributed by atoms with Crippen LogP contribution in [-0.2, 0) is 6.54 Å². The Hall–Kier alpha value is -1.39. The molecule has 0 radical (unpaired) electrons. The van der Waals surface area contributed by atoms with Crippen LogP contribution in [0.2, 0.25) is 0 Å². The van der Waals surface area contributed by atoms with Gasteiger partial charge in [-0.15, -0.1) is 0 Å². The minimum atomic E-state index is 0.773. The van der Waals surface area contributed by atoms with E-state index >= 15 is 0 Å². The van der Waals surface area contributed by atoms with Crippen LogP contribution in [0.25, 0.3) is 0 Å². The molecule has 1 aliphatic heterocycles. The molecule has 1 aromatic carbocycles. The van der Waals surface area contributed by atoms with Crippen molar-refractivity contribution in [2.75, 3.05) is 32.7 Å². The monoisotopic (exact) mass is 304 g/mol. The first-order valence-corrected chi connectivity index (χ1v) is 8.01. The predicted octanol–water partition coefficient (Wildman–Crippen LogP) is 1.15. The van der Waals surface area contributed by atoms with E-state index in [1.54, 1.807) is 4.90 Å². The van der Waals surface area contributed by atoms with Crippen molar-refractivity contribution in [1.82, 2.24) is 10.2 Å². The van der Waals surface area contributed by atoms with E-state index in [4.69, 9.17) is 12.2 Å². The fraction of sp³-hybridized carbons (Fsp3) is 0.471. The molecule has 0 saturated carbocycles. The van der Waals surface area contributed by atoms with Gasteiger partial charge in [-0.05, 0) is 26.1 Å². The second-order valence-electron chi connectivity index (χ2n) is 6.02. The molecule has 2 rings (SSSR count). The molecule has 0 atom stereocenters. The van der Waals surface area contributed by atoms with Crippen molar-refractivity contribution < 1.29 is 4.90 Å². The molecule has 3 nitrogen and oxygen atoms in total. The quantitative estimate of drug-likeness (QED) is 0.643. The number of quaternary nitrogens is 1. The van der Waals surface area contributed by atoms with E-state index in [0.717, 1.165) is 50.0 Å². The topological polar surface area (TPSA) is 19.7 Å². The highest BCUT2D eigenvalue weighted by molar-refractivity contribution is 7.80. The van der Waals surface area contributed by atoms with Crippen molar-refractivity contribution >= 4 is 17.3 Å². The summed E-state index contributed by atoms with van der Waals surface area (Å²) in [7, 11) is 0. The lowest BCUT2D eigenvalue weighted by molar-refractivity contribution is -0.917. The number of rotatable bonds is 4. The number of aryl methyl sites for hydroxylation is 1. The van der Waals surface area contributed by atoms with E-state index in [-0.39, 0.29) is 0 Å². The zero-order valence-electron chi connectivity index (χ0n) is 13.1. The lowest BCUT2D eigenvalue weighted by atomic mass is 10.1. The summed E-state index contributed by atoms with van der Waals surface area (Å²) in [6, 6.07) is 8.82. The molecule has 21 heavy (non-hydrogen) atoms. The van der Waals surface area contributed by atoms with Gasteiger partial charge in [-0.25, -0.2) is 0 Å². The Labute approximate surface area is 133 Å². The van der Waals surface area contributed by atoms with Crippen molar-refractivity contribution in [3.05, 3.63) is 47.5 Å². The zero-order valence-corrected chi connectivity index (χ0v) is 13.9. The van der Waals surface area contributed by atoms with Gasteiger partial charge in [-0.2, -0.15) is 0 Å². The van der Waals surface area contributed by atoms with Gasteiger partial charge in [-0.1, -0.05) is 42.0 Å². The Bertz CT molecular complexity index is 505. The fourth-order valence-corrected chi connectivity index (χ4v) is 2.91. The molecule has 1 saturated heterocycles. The van der Waals surface area contributed by atoms with Gasteiger partial charge >= 0.3 is 0 Å². The van der Waals surface area contributed by atoms with Crippen LogP contribution >= 0.6 is 12.2 Å². The molecule has 1 aromatic rings. The van der Waals surface area contributed by atoms with Gasteiger partial charge in [-0.3, -0.25) is 0 Å². The summed E-state index contributed by atoms with van der Waals surface area (Å²) >= 11 is 5.44. The third-order valence-corrected chi connectivity index (χ3v) is 4.24. The van der Waals surface area contributed by atoms with Crippen LogP contribution in [0.4, 0.5) is 0 Å². The molecule has 0 aromatic heterocycles. The zero-order chi connectivity index (χ0) is 15.2. The van der Waals surface area contributed by atoms with Crippen molar-refractivity contribution in [1.29, 1.82) is 0 Å². The number of hydrogen-bond donors (Lipinski definition) is 2. The third-order valence-electron chi connectivity index (χ3n) is 3.84. The summed E-state index contributed by atoms with van der Waals surface area (Å²) in [5.74, 6) is 0. The number of nitrogens with one attached hydrogen (secondary N) is 2. The Morgan fingerprint density at radius 3 is 2.71 bits per heavy atom. The standard InChI is InChI=1S/C17H25N3S/c1-14(2)12-18-17(21)20-9-7-19(8-10-20)13-16-6-4-5-15(3)11-16/h4-6,11H,1,7-10,12-13H2,2-3H3,(H,18,21)/p+1. The summed E-state index contributed by atoms with van der Waals surface area (Å²) in [6.45, 7) is 14.3. The van der Waals surface area contributed by atoms with Crippen LogP contribution in [0.1, 0.15) is 18.1 Å². The second-order valence-corrected chi connectivity index (χ2v) is 6.41. The SMILES string of the molecule is C=C(C)CNC(=S)N1CC[NH+](Cc2cccc(C)c2)CC1. The van der Waals surface area contributed by atoms with Gasteiger partial charge in [0.2, 0.25) is 0 Å². The van der Waals surface area contributed by atoms with Crippen LogP contribution < -0.4 is 10.2 Å². The van der Waals surface area contributed by atoms with Gasteiger partial charge in [0.25, 0.3) is 0 Å². The average molecular weight is 304 g/mol. The molecule has 0 amide bonds. The fourth-order valence-electron chi connectivity index (χ4n) is 2.65. The summed E-state index contributed by atoms with van der Waals surface area (Å²) < 4.78 is 0. The first-order valence-electron chi connectivity index (χ1n) is 7.61. The Balaban J connectivity index is 1.78. The van der Waals surface area contributed by atoms with Crippen molar-refractivity contribution in [3.63, 3.8) is 0 Å². The lowest BCUT2D eigenvalue weighted by Crippen LogP contribution is -3.13. The van der Waals surface area contributed by atoms with Gasteiger partial charge in [0.15, 0.2) is 5.11 Å². The van der Waals surface area contributed by atoms with E-state index < -0.39 is 0 Å². The highest BCUT2D eigenvalue weighted by atomic mass is 32.1. The molecule has 1 fully saturated rings. The van der Waals surface area contributed by atoms with Crippen molar-refractivity contribution in [2.24, 2.45) is 0 Å². The molecule has 114 valence electrons. The second kappa shape index (κ2) is 7.57. The minimum Gasteiger partial charge on any atom is -0.359 e. The minimum absolute atomic E-state index is 0.773. The van der Waals surface area contributed by atoms with Crippen molar-refractivity contribution in [2.45, 2.75) is 20.4 Å². The van der Waals surface area contributed by atoms with E-state index in [1.165, 1.54) is 11.1 Å². The highest BCUT2D eigenvalue weighted by Gasteiger charge is 2.21. The first kappa shape index (κ1) is 16.0. The Kier molecular flexibility index (Phi) is 5.76. The Morgan fingerprint density at radius 2 is 2.10 bits per heavy atom. The van der Waals surface area contributed by atoms with Gasteiger partial charge < -0.3 is 15.1 Å². The molecular weight excluding hydrogens is 278 g/mol. The maximum Gasteiger partial charge on any atom is 0.169 e. The molecule has 0 aliphatic carbocycles. The Morgan fingerprint density at radius 1 is 1.38 bits per heavy atom. The smallest absolute Gasteiger partial charge is 0.169 e. The van der Waals surface area contributed by atoms with E-state index in [0.29, 0.717) is 0 Å². The van der Waals surface area contributed by atoms with Crippen molar-refractivity contribution in [3.8, 4) is 0 Å². The summed E-state index contributed by atoms with van der Waals surface area (Å²) in [5, 5.41) is 4.14. The van der Waals surface area contributed by atoms with E-state index in [9.17, 15) is 0 Å². The number of piperazine rings is 1. The molecule has 0 spiro atoms. The van der Waals surface area contributed by atoms with Crippen LogP contribution in [-0.4, -0.2) is 42.7 Å². The van der Waals surface area contributed by atoms with Crippen LogP contribution in [0.5, 0.6) is 0 Å². The summed E-state index contributed by atoms with van der Waals surface area (Å²) in [6.07, 6.45) is 0. The van der Waals surface area contributed by atoms with Gasteiger partial charge in [0.1, 0.15) is 6.54 Å². The summed E-state index contributed by atoms with van der Waals surface area (Å²) in [4.78, 5) is 3.91.